The zero-order valence-electron chi connectivity index (χ0n) is 75.9. The van der Waals surface area contributed by atoms with Crippen LogP contribution in [0.15, 0.2) is 0 Å². The van der Waals surface area contributed by atoms with E-state index in [1.54, 1.807) is 180 Å². The van der Waals surface area contributed by atoms with Gasteiger partial charge in [0, 0.05) is 0 Å². The second kappa shape index (κ2) is 59.8. The van der Waals surface area contributed by atoms with E-state index in [1.165, 1.54) is 250 Å². The molecule has 0 amide bonds. The second-order valence-electron chi connectivity index (χ2n) is 43.4. The normalized spacial score (nSPS) is 24.8. The van der Waals surface area contributed by atoms with Crippen molar-refractivity contribution in [1.82, 2.24) is 0 Å². The summed E-state index contributed by atoms with van der Waals surface area (Å²) in [4.78, 5) is 0. The zero-order chi connectivity index (χ0) is 75.9. The molecule has 0 aliphatic heterocycles. The second-order valence-corrected chi connectivity index (χ2v) is 43.4. The lowest BCUT2D eigenvalue weighted by atomic mass is 9.65. The Hall–Kier alpha value is 0. The average molecular weight is 1430 g/mol. The fraction of sp³-hybridized carbons (Fsp3) is 1.00. The smallest absolute Gasteiger partial charge is 0.0297 e. The summed E-state index contributed by atoms with van der Waals surface area (Å²) in [5, 5.41) is 0. The van der Waals surface area contributed by atoms with Gasteiger partial charge in [-0.05, 0) is 259 Å². The number of rotatable bonds is 0. The molecule has 0 unspecified atom stereocenters. The molecular formula is C102H204. The first-order valence-electron chi connectivity index (χ1n) is 48.5. The summed E-state index contributed by atoms with van der Waals surface area (Å²) in [5.41, 5.74) is 6.06. The maximum atomic E-state index is 2.17. The van der Waals surface area contributed by atoms with Crippen molar-refractivity contribution in [2.24, 2.45) is 79.3 Å². The van der Waals surface area contributed by atoms with Gasteiger partial charge in [-0.15, -0.1) is 0 Å². The molecule has 7 spiro atoms. The highest BCUT2D eigenvalue weighted by Gasteiger charge is 2.40. The van der Waals surface area contributed by atoms with Crippen molar-refractivity contribution in [3.63, 3.8) is 0 Å². The van der Waals surface area contributed by atoms with Crippen LogP contribution in [0.1, 0.15) is 576 Å². The van der Waals surface area contributed by atoms with Crippen molar-refractivity contribution >= 4 is 0 Å². The molecule has 14 aliphatic rings. The Morgan fingerprint density at radius 1 is 0.0882 bits per heavy atom. The standard InChI is InChI=1S/6C11H20.C8H14.7C4H10/c6*1-3-7-11(8-4-1)9-5-2-6-10-11;1-2-5-8(4-1)6-3-7-8;7*1-4(2)3/h6*1-10H2;1-7H2;7*4H,1-3H3. The van der Waals surface area contributed by atoms with Gasteiger partial charge in [-0.3, -0.25) is 0 Å². The third kappa shape index (κ3) is 52.2. The van der Waals surface area contributed by atoms with Crippen molar-refractivity contribution in [3.8, 4) is 0 Å². The fourth-order valence-corrected chi connectivity index (χ4v) is 20.9. The summed E-state index contributed by atoms with van der Waals surface area (Å²) in [6, 6.07) is 0. The largest absolute Gasteiger partial charge is 0.0630 e. The molecule has 0 atom stereocenters. The van der Waals surface area contributed by atoms with Crippen LogP contribution in [0, 0.1) is 79.3 Å². The molecule has 0 heterocycles. The molecule has 102 heavy (non-hydrogen) atoms. The first kappa shape index (κ1) is 100. The van der Waals surface area contributed by atoms with E-state index in [1.807, 2.05) is 0 Å². The van der Waals surface area contributed by atoms with E-state index in [-0.39, 0.29) is 0 Å². The van der Waals surface area contributed by atoms with E-state index in [4.69, 9.17) is 0 Å². The Balaban J connectivity index is 0.000000562. The van der Waals surface area contributed by atoms with Gasteiger partial charge in [0.25, 0.3) is 0 Å². The van der Waals surface area contributed by atoms with E-state index < -0.39 is 0 Å². The SMILES string of the molecule is C1CCC2(C1)CCC2.C1CCC2(CC1)CCCCC2.C1CCC2(CC1)CCCCC2.C1CCC2(CC1)CCCCC2.C1CCC2(CC1)CCCCC2.C1CCC2(CC1)CCCCC2.C1CCC2(CC1)CCCCC2.CC(C)C.CC(C)C.CC(C)C.CC(C)C.CC(C)C.CC(C)C.CC(C)C. The first-order chi connectivity index (χ1) is 48.5. The Bertz CT molecular complexity index is 1270. The third-order valence-electron chi connectivity index (χ3n) is 26.0. The summed E-state index contributed by atoms with van der Waals surface area (Å²) in [6.45, 7) is 45.5. The summed E-state index contributed by atoms with van der Waals surface area (Å²) in [7, 11) is 0. The zero-order valence-corrected chi connectivity index (χ0v) is 75.9. The quantitative estimate of drug-likeness (QED) is 0.227. The highest BCUT2D eigenvalue weighted by molar-refractivity contribution is 4.92. The Kier molecular flexibility index (Phi) is 58.6. The minimum Gasteiger partial charge on any atom is -0.0630 e. The van der Waals surface area contributed by atoms with E-state index in [9.17, 15) is 0 Å². The van der Waals surface area contributed by atoms with Crippen molar-refractivity contribution in [1.29, 1.82) is 0 Å². The van der Waals surface area contributed by atoms with Crippen molar-refractivity contribution in [2.45, 2.75) is 576 Å². The number of hydrogen-bond donors (Lipinski definition) is 0. The van der Waals surface area contributed by atoms with E-state index >= 15 is 0 Å². The molecular weight excluding hydrogens is 1230 g/mol. The Morgan fingerprint density at radius 3 is 0.186 bits per heavy atom. The molecule has 14 fully saturated rings. The molecule has 0 N–H and O–H groups in total. The Labute approximate surface area is 651 Å². The minimum atomic E-state index is 0.833. The van der Waals surface area contributed by atoms with Crippen LogP contribution >= 0.6 is 0 Å². The molecule has 612 valence electrons. The van der Waals surface area contributed by atoms with Crippen LogP contribution in [-0.2, 0) is 0 Å². The van der Waals surface area contributed by atoms with Gasteiger partial charge in [0.2, 0.25) is 0 Å². The van der Waals surface area contributed by atoms with E-state index in [0.717, 1.165) is 79.3 Å². The van der Waals surface area contributed by atoms with Gasteiger partial charge < -0.3 is 0 Å². The maximum Gasteiger partial charge on any atom is -0.0297 e. The van der Waals surface area contributed by atoms with Crippen LogP contribution in [0.25, 0.3) is 0 Å². The van der Waals surface area contributed by atoms with Crippen molar-refractivity contribution in [3.05, 3.63) is 0 Å². The predicted molar refractivity (Wildman–Crippen MR) is 470 cm³/mol. The molecule has 14 saturated carbocycles. The van der Waals surface area contributed by atoms with Crippen LogP contribution in [-0.4, -0.2) is 0 Å². The molecule has 14 rings (SSSR count). The fourth-order valence-electron chi connectivity index (χ4n) is 20.9. The topological polar surface area (TPSA) is 0 Å². The maximum absolute atomic E-state index is 2.17. The molecule has 0 radical (unpaired) electrons. The Morgan fingerprint density at radius 2 is 0.137 bits per heavy atom. The first-order valence-corrected chi connectivity index (χ1v) is 48.5. The average Bonchev–Trinajstić information content (AvgIpc) is 1.69. The lowest BCUT2D eigenvalue weighted by Gasteiger charge is -2.40. The van der Waals surface area contributed by atoms with Crippen LogP contribution in [0.2, 0.25) is 0 Å². The molecule has 0 heteroatoms. The monoisotopic (exact) mass is 1430 g/mol. The number of hydrogen-bond acceptors (Lipinski definition) is 0. The summed E-state index contributed by atoms with van der Waals surface area (Å²) < 4.78 is 0. The molecule has 0 aromatic carbocycles. The van der Waals surface area contributed by atoms with Crippen LogP contribution in [0.4, 0.5) is 0 Å². The summed E-state index contributed by atoms with van der Waals surface area (Å²) in [6.07, 6.45) is 103. The molecule has 0 aromatic rings. The van der Waals surface area contributed by atoms with Gasteiger partial charge in [0.1, 0.15) is 0 Å². The lowest BCUT2D eigenvalue weighted by Crippen LogP contribution is -2.26. The highest BCUT2D eigenvalue weighted by atomic mass is 14.5. The predicted octanol–water partition coefficient (Wildman–Crippen LogP) is 37.8. The van der Waals surface area contributed by atoms with Crippen LogP contribution in [0.5, 0.6) is 0 Å². The molecule has 0 saturated heterocycles. The van der Waals surface area contributed by atoms with Crippen molar-refractivity contribution < 1.29 is 0 Å². The summed E-state index contributed by atoms with van der Waals surface area (Å²) in [5.74, 6) is 5.83. The van der Waals surface area contributed by atoms with Crippen LogP contribution < -0.4 is 0 Å². The lowest BCUT2D eigenvalue weighted by molar-refractivity contribution is 0.124. The van der Waals surface area contributed by atoms with E-state index in [2.05, 4.69) is 145 Å². The van der Waals surface area contributed by atoms with Gasteiger partial charge in [0.15, 0.2) is 0 Å². The van der Waals surface area contributed by atoms with Gasteiger partial charge >= 0.3 is 0 Å². The molecule has 0 aromatic heterocycles. The van der Waals surface area contributed by atoms with Crippen molar-refractivity contribution in [2.75, 3.05) is 0 Å². The van der Waals surface area contributed by atoms with Crippen LogP contribution in [0.3, 0.4) is 0 Å². The van der Waals surface area contributed by atoms with Gasteiger partial charge in [0.05, 0.1) is 0 Å². The van der Waals surface area contributed by atoms with Gasteiger partial charge in [-0.1, -0.05) is 396 Å². The van der Waals surface area contributed by atoms with Gasteiger partial charge in [-0.2, -0.15) is 0 Å². The van der Waals surface area contributed by atoms with E-state index in [0.29, 0.717) is 0 Å². The minimum absolute atomic E-state index is 0.833. The molecule has 0 nitrogen and oxygen atoms in total. The molecule has 0 bridgehead atoms. The molecule has 14 aliphatic carbocycles. The summed E-state index contributed by atoms with van der Waals surface area (Å²) >= 11 is 0. The van der Waals surface area contributed by atoms with Gasteiger partial charge in [-0.25, -0.2) is 0 Å². The third-order valence-corrected chi connectivity index (χ3v) is 26.0. The highest BCUT2D eigenvalue weighted by Crippen LogP contribution is 2.54.